The van der Waals surface area contributed by atoms with Crippen molar-refractivity contribution in [2.75, 3.05) is 24.6 Å². The number of phenolic OH excluding ortho intramolecular Hbond substituents is 1. The molecule has 0 radical (unpaired) electrons. The van der Waals surface area contributed by atoms with Gasteiger partial charge in [0.15, 0.2) is 0 Å². The molecule has 2 N–H and O–H groups in total. The van der Waals surface area contributed by atoms with E-state index in [0.717, 1.165) is 44.9 Å². The van der Waals surface area contributed by atoms with Crippen LogP contribution in [0.5, 0.6) is 5.75 Å². The second-order valence-corrected chi connectivity index (χ2v) is 7.36. The summed E-state index contributed by atoms with van der Waals surface area (Å²) >= 11 is 0. The molecule has 1 aromatic heterocycles. The van der Waals surface area contributed by atoms with Gasteiger partial charge in [-0.1, -0.05) is 12.1 Å². The summed E-state index contributed by atoms with van der Waals surface area (Å²) in [5.74, 6) is 1.38. The number of aromatic hydroxyl groups is 1. The first-order valence-electron chi connectivity index (χ1n) is 9.56. The Morgan fingerprint density at radius 3 is 3.04 bits per heavy atom. The van der Waals surface area contributed by atoms with E-state index in [1.807, 2.05) is 12.3 Å². The number of fused-ring (bicyclic) bond motifs is 1. The largest absolute Gasteiger partial charge is 0.508 e. The van der Waals surface area contributed by atoms with Crippen molar-refractivity contribution in [3.05, 3.63) is 53.2 Å². The van der Waals surface area contributed by atoms with Crippen molar-refractivity contribution in [2.24, 2.45) is 0 Å². The van der Waals surface area contributed by atoms with E-state index in [1.54, 1.807) is 6.07 Å². The second-order valence-electron chi connectivity index (χ2n) is 7.36. The van der Waals surface area contributed by atoms with Gasteiger partial charge in [-0.25, -0.2) is 4.98 Å². The molecule has 1 aromatic carbocycles. The van der Waals surface area contributed by atoms with Crippen LogP contribution in [-0.2, 0) is 17.7 Å². The lowest BCUT2D eigenvalue weighted by atomic mass is 9.87. The molecule has 1 aliphatic carbocycles. The molecule has 0 amide bonds. The molecular formula is C21H27N3O2. The predicted octanol–water partition coefficient (Wildman–Crippen LogP) is 3.18. The van der Waals surface area contributed by atoms with Gasteiger partial charge in [-0.2, -0.15) is 0 Å². The van der Waals surface area contributed by atoms with Gasteiger partial charge in [0, 0.05) is 31.9 Å². The molecule has 2 aliphatic rings. The fourth-order valence-electron chi connectivity index (χ4n) is 3.97. The number of nitrogens with one attached hydrogen (secondary N) is 1. The molecule has 2 heterocycles. The van der Waals surface area contributed by atoms with E-state index in [0.29, 0.717) is 11.8 Å². The Labute approximate surface area is 155 Å². The Morgan fingerprint density at radius 2 is 2.23 bits per heavy atom. The lowest BCUT2D eigenvalue weighted by Gasteiger charge is -2.32. The molecule has 1 saturated heterocycles. The molecule has 0 saturated carbocycles. The molecule has 26 heavy (non-hydrogen) atoms. The highest BCUT2D eigenvalue weighted by molar-refractivity contribution is 5.40. The minimum atomic E-state index is 0.259. The number of aryl methyl sites for hydroxylation is 1. The molecule has 0 bridgehead atoms. The normalized spacial score (nSPS) is 22.9. The minimum absolute atomic E-state index is 0.259. The van der Waals surface area contributed by atoms with E-state index in [1.165, 1.54) is 23.1 Å². The molecule has 5 heteroatoms. The van der Waals surface area contributed by atoms with Crippen molar-refractivity contribution < 1.29 is 9.84 Å². The van der Waals surface area contributed by atoms with Crippen molar-refractivity contribution in [2.45, 2.75) is 44.9 Å². The van der Waals surface area contributed by atoms with E-state index in [-0.39, 0.29) is 6.10 Å². The number of phenols is 1. The maximum Gasteiger partial charge on any atom is 0.128 e. The fourth-order valence-corrected chi connectivity index (χ4v) is 3.97. The highest BCUT2D eigenvalue weighted by atomic mass is 16.5. The molecule has 0 spiro atoms. The average Bonchev–Trinajstić information content (AvgIpc) is 2.67. The van der Waals surface area contributed by atoms with Crippen LogP contribution in [0.1, 0.15) is 42.5 Å². The van der Waals surface area contributed by atoms with Gasteiger partial charge >= 0.3 is 0 Å². The molecular weight excluding hydrogens is 326 g/mol. The zero-order valence-electron chi connectivity index (χ0n) is 15.3. The van der Waals surface area contributed by atoms with Crippen LogP contribution in [0.25, 0.3) is 0 Å². The number of hydrogen-bond donors (Lipinski definition) is 2. The number of morpholine rings is 1. The van der Waals surface area contributed by atoms with Crippen LogP contribution in [-0.4, -0.2) is 35.9 Å². The van der Waals surface area contributed by atoms with Gasteiger partial charge in [0.05, 0.1) is 12.7 Å². The Bertz CT molecular complexity index is 747. The average molecular weight is 353 g/mol. The number of ether oxygens (including phenoxy) is 1. The monoisotopic (exact) mass is 353 g/mol. The molecule has 2 atom stereocenters. The summed E-state index contributed by atoms with van der Waals surface area (Å²) in [6.07, 6.45) is 5.61. The van der Waals surface area contributed by atoms with Crippen LogP contribution < -0.4 is 10.2 Å². The van der Waals surface area contributed by atoms with Gasteiger partial charge in [0.2, 0.25) is 0 Å². The third kappa shape index (κ3) is 3.84. The van der Waals surface area contributed by atoms with E-state index in [4.69, 9.17) is 4.74 Å². The topological polar surface area (TPSA) is 57.6 Å². The predicted molar refractivity (Wildman–Crippen MR) is 102 cm³/mol. The summed E-state index contributed by atoms with van der Waals surface area (Å²) in [5, 5.41) is 13.5. The van der Waals surface area contributed by atoms with Crippen LogP contribution >= 0.6 is 0 Å². The first-order valence-corrected chi connectivity index (χ1v) is 9.56. The van der Waals surface area contributed by atoms with E-state index in [9.17, 15) is 5.11 Å². The molecule has 2 unspecified atom stereocenters. The molecule has 1 aliphatic heterocycles. The van der Waals surface area contributed by atoms with Crippen LogP contribution in [0.2, 0.25) is 0 Å². The van der Waals surface area contributed by atoms with Gasteiger partial charge < -0.3 is 20.1 Å². The molecule has 4 rings (SSSR count). The number of pyridine rings is 1. The van der Waals surface area contributed by atoms with Crippen LogP contribution in [0.3, 0.4) is 0 Å². The lowest BCUT2D eigenvalue weighted by molar-refractivity contribution is 0.0529. The van der Waals surface area contributed by atoms with E-state index >= 15 is 0 Å². The Balaban J connectivity index is 1.39. The third-order valence-corrected chi connectivity index (χ3v) is 5.37. The number of aromatic nitrogens is 1. The lowest BCUT2D eigenvalue weighted by Crippen LogP contribution is -2.41. The highest BCUT2D eigenvalue weighted by Crippen LogP contribution is 2.32. The van der Waals surface area contributed by atoms with Crippen molar-refractivity contribution in [3.63, 3.8) is 0 Å². The van der Waals surface area contributed by atoms with Crippen molar-refractivity contribution in [1.82, 2.24) is 10.3 Å². The fraction of sp³-hybridized carbons (Fsp3) is 0.476. The van der Waals surface area contributed by atoms with Crippen LogP contribution in [0, 0.1) is 0 Å². The van der Waals surface area contributed by atoms with Crippen molar-refractivity contribution in [1.29, 1.82) is 0 Å². The summed E-state index contributed by atoms with van der Waals surface area (Å²) in [6, 6.07) is 10.3. The first-order chi connectivity index (χ1) is 12.7. The van der Waals surface area contributed by atoms with Crippen LogP contribution in [0.15, 0.2) is 36.5 Å². The van der Waals surface area contributed by atoms with Gasteiger partial charge in [-0.3, -0.25) is 0 Å². The van der Waals surface area contributed by atoms with Gasteiger partial charge in [0.1, 0.15) is 11.6 Å². The Hall–Kier alpha value is -2.11. The SMILES string of the molecule is CC1CN(c2ccc(CNC3CCCc4ccc(O)cc43)cn2)CCO1. The standard InChI is InChI=1S/C21H27N3O2/c1-15-14-24(9-10-26-15)21-8-5-16(13-23-21)12-22-20-4-2-3-17-6-7-18(25)11-19(17)20/h5-8,11,13,15,20,22,25H,2-4,9-10,12,14H2,1H3. The summed E-state index contributed by atoms with van der Waals surface area (Å²) in [4.78, 5) is 6.93. The quantitative estimate of drug-likeness (QED) is 0.884. The van der Waals surface area contributed by atoms with Crippen molar-refractivity contribution >= 4 is 5.82 Å². The van der Waals surface area contributed by atoms with Crippen LogP contribution in [0.4, 0.5) is 5.82 Å². The third-order valence-electron chi connectivity index (χ3n) is 5.37. The number of hydrogen-bond acceptors (Lipinski definition) is 5. The van der Waals surface area contributed by atoms with Gasteiger partial charge in [-0.15, -0.1) is 0 Å². The van der Waals surface area contributed by atoms with Gasteiger partial charge in [-0.05, 0) is 61.1 Å². The van der Waals surface area contributed by atoms with Gasteiger partial charge in [0.25, 0.3) is 0 Å². The first kappa shape index (κ1) is 17.3. The smallest absolute Gasteiger partial charge is 0.128 e. The zero-order chi connectivity index (χ0) is 17.9. The Kier molecular flexibility index (Phi) is 5.09. The summed E-state index contributed by atoms with van der Waals surface area (Å²) < 4.78 is 5.60. The molecule has 1 fully saturated rings. The van der Waals surface area contributed by atoms with Crippen molar-refractivity contribution in [3.8, 4) is 5.75 Å². The van der Waals surface area contributed by atoms with E-state index < -0.39 is 0 Å². The second kappa shape index (κ2) is 7.64. The Morgan fingerprint density at radius 1 is 1.31 bits per heavy atom. The number of anilines is 1. The molecule has 2 aromatic rings. The molecule has 138 valence electrons. The number of benzene rings is 1. The highest BCUT2D eigenvalue weighted by Gasteiger charge is 2.21. The maximum atomic E-state index is 9.81. The number of rotatable bonds is 4. The zero-order valence-corrected chi connectivity index (χ0v) is 15.3. The molecule has 5 nitrogen and oxygen atoms in total. The number of nitrogens with zero attached hydrogens (tertiary/aromatic N) is 2. The summed E-state index contributed by atoms with van der Waals surface area (Å²) in [5.41, 5.74) is 3.77. The maximum absolute atomic E-state index is 9.81. The minimum Gasteiger partial charge on any atom is -0.508 e. The summed E-state index contributed by atoms with van der Waals surface area (Å²) in [6.45, 7) is 5.45. The van der Waals surface area contributed by atoms with E-state index in [2.05, 4.69) is 40.3 Å². The summed E-state index contributed by atoms with van der Waals surface area (Å²) in [7, 11) is 0.